The molecule has 0 bridgehead atoms. The van der Waals surface area contributed by atoms with E-state index in [1.165, 1.54) is 0 Å². The van der Waals surface area contributed by atoms with Gasteiger partial charge in [-0.05, 0) is 19.8 Å². The van der Waals surface area contributed by atoms with E-state index >= 15 is 0 Å². The molecular weight excluding hydrogens is 369 g/mol. The molecule has 0 aliphatic carbocycles. The number of aryl methyl sites for hydroxylation is 1. The Morgan fingerprint density at radius 2 is 2.30 bits per heavy atom. The molecule has 0 aliphatic heterocycles. The molecule has 0 atom stereocenters. The van der Waals surface area contributed by atoms with E-state index in [0.717, 1.165) is 17.7 Å². The van der Waals surface area contributed by atoms with Crippen LogP contribution >= 0.6 is 24.0 Å². The number of nitrogens with two attached hydrogens (primary N) is 2. The molecule has 20 heavy (non-hydrogen) atoms. The van der Waals surface area contributed by atoms with Crippen LogP contribution in [0.25, 0.3) is 0 Å². The molecule has 0 amide bonds. The van der Waals surface area contributed by atoms with Crippen molar-refractivity contribution < 1.29 is 0 Å². The van der Waals surface area contributed by atoms with E-state index in [1.54, 1.807) is 0 Å². The Hall–Kier alpha value is -1.76. The average Bonchev–Trinajstić information content (AvgIpc) is 2.72. The predicted molar refractivity (Wildman–Crippen MR) is 90.8 cm³/mol. The Morgan fingerprint density at radius 1 is 1.60 bits per heavy atom. The first-order valence-corrected chi connectivity index (χ1v) is 5.95. The molecule has 6 N–H and O–H groups in total. The van der Waals surface area contributed by atoms with E-state index in [4.69, 9.17) is 16.7 Å². The summed E-state index contributed by atoms with van der Waals surface area (Å²) in [5.74, 6) is 0.639. The number of aromatic nitrogens is 2. The highest BCUT2D eigenvalue weighted by molar-refractivity contribution is 14.0. The second-order valence-corrected chi connectivity index (χ2v) is 4.26. The van der Waals surface area contributed by atoms with E-state index in [2.05, 4.69) is 27.1 Å². The summed E-state index contributed by atoms with van der Waals surface area (Å²) in [5.41, 5.74) is 13.3. The van der Waals surface area contributed by atoms with Crippen LogP contribution < -0.4 is 16.8 Å². The summed E-state index contributed by atoms with van der Waals surface area (Å²) >= 11 is 0. The fourth-order valence-corrected chi connectivity index (χ4v) is 1.46. The summed E-state index contributed by atoms with van der Waals surface area (Å²) in [6, 6.07) is 2.03. The Labute approximate surface area is 135 Å². The number of H-pyrrole nitrogens is 1. The average molecular weight is 389 g/mol. The molecule has 8 heteroatoms. The summed E-state index contributed by atoms with van der Waals surface area (Å²) in [7, 11) is 0. The second kappa shape index (κ2) is 9.19. The summed E-state index contributed by atoms with van der Waals surface area (Å²) in [6.07, 6.45) is 1.47. The largest absolute Gasteiger partial charge is 0.381 e. The first kappa shape index (κ1) is 18.2. The summed E-state index contributed by atoms with van der Waals surface area (Å²) in [6.45, 7) is 6.82. The van der Waals surface area contributed by atoms with Crippen LogP contribution in [0.1, 0.15) is 24.6 Å². The van der Waals surface area contributed by atoms with Crippen molar-refractivity contribution in [2.75, 3.05) is 18.8 Å². The van der Waals surface area contributed by atoms with Crippen molar-refractivity contribution in [2.45, 2.75) is 19.8 Å². The number of nitrogens with zero attached hydrogens (tertiary/aromatic N) is 3. The number of rotatable bonds is 6. The van der Waals surface area contributed by atoms with Gasteiger partial charge in [-0.1, -0.05) is 12.2 Å². The Bertz CT molecular complexity index is 512. The zero-order valence-electron chi connectivity index (χ0n) is 11.4. The van der Waals surface area contributed by atoms with Gasteiger partial charge in [0.25, 0.3) is 0 Å². The van der Waals surface area contributed by atoms with Gasteiger partial charge in [0, 0.05) is 6.54 Å². The zero-order chi connectivity index (χ0) is 14.3. The lowest BCUT2D eigenvalue weighted by molar-refractivity contribution is 0.749. The lowest BCUT2D eigenvalue weighted by Gasteiger charge is -2.05. The molecule has 0 spiro atoms. The van der Waals surface area contributed by atoms with Gasteiger partial charge in [-0.2, -0.15) is 10.4 Å². The van der Waals surface area contributed by atoms with E-state index in [1.807, 2.05) is 13.0 Å². The maximum atomic E-state index is 8.90. The van der Waals surface area contributed by atoms with Gasteiger partial charge in [-0.25, -0.2) is 4.99 Å². The first-order valence-electron chi connectivity index (χ1n) is 5.95. The third kappa shape index (κ3) is 5.92. The summed E-state index contributed by atoms with van der Waals surface area (Å²) < 4.78 is 0. The van der Waals surface area contributed by atoms with Crippen LogP contribution in [0.3, 0.4) is 0 Å². The number of nitrogens with one attached hydrogen (secondary N) is 2. The number of hydrogen-bond acceptors (Lipinski definition) is 4. The summed E-state index contributed by atoms with van der Waals surface area (Å²) in [5, 5.41) is 18.4. The minimum absolute atomic E-state index is 0. The van der Waals surface area contributed by atoms with Gasteiger partial charge >= 0.3 is 0 Å². The van der Waals surface area contributed by atoms with Gasteiger partial charge in [0.15, 0.2) is 11.8 Å². The van der Waals surface area contributed by atoms with E-state index < -0.39 is 0 Å². The number of aromatic amines is 1. The van der Waals surface area contributed by atoms with E-state index in [-0.39, 0.29) is 29.8 Å². The lowest BCUT2D eigenvalue weighted by Crippen LogP contribution is -2.32. The predicted octanol–water partition coefficient (Wildman–Crippen LogP) is 0.895. The third-order valence-corrected chi connectivity index (χ3v) is 2.41. The monoisotopic (exact) mass is 389 g/mol. The maximum Gasteiger partial charge on any atom is 0.188 e. The molecule has 0 radical (unpaired) electrons. The molecule has 110 valence electrons. The van der Waals surface area contributed by atoms with Crippen molar-refractivity contribution in [2.24, 2.45) is 10.7 Å². The number of halogens is 1. The molecule has 1 aromatic rings. The molecule has 0 fully saturated rings. The maximum absolute atomic E-state index is 8.90. The standard InChI is InChI=1S/C12H19N7.HI/c1-8(2)7-17-12(15)16-5-3-4-10-9(6-13)11(14)19-18-10;/h1,3-5,7H2,2H3,(H3,14,18,19)(H3,15,16,17);1H. The van der Waals surface area contributed by atoms with Crippen LogP contribution in [0.15, 0.2) is 17.1 Å². The number of nitrogen functional groups attached to an aromatic ring is 1. The smallest absolute Gasteiger partial charge is 0.188 e. The van der Waals surface area contributed by atoms with Crippen molar-refractivity contribution in [1.29, 1.82) is 5.26 Å². The normalized spacial score (nSPS) is 10.5. The Kier molecular flexibility index (Phi) is 8.38. The molecule has 0 aliphatic rings. The molecular formula is C12H20IN7. The van der Waals surface area contributed by atoms with Gasteiger partial charge < -0.3 is 16.8 Å². The highest BCUT2D eigenvalue weighted by Gasteiger charge is 2.09. The quantitative estimate of drug-likeness (QED) is 0.189. The minimum atomic E-state index is 0. The molecule has 1 rings (SSSR count). The number of guanidine groups is 1. The molecule has 0 saturated carbocycles. The van der Waals surface area contributed by atoms with Gasteiger partial charge in [-0.15, -0.1) is 24.0 Å². The van der Waals surface area contributed by atoms with Crippen LogP contribution in [0, 0.1) is 11.3 Å². The van der Waals surface area contributed by atoms with Gasteiger partial charge in [0.05, 0.1) is 12.2 Å². The first-order chi connectivity index (χ1) is 9.04. The molecule has 1 heterocycles. The lowest BCUT2D eigenvalue weighted by atomic mass is 10.1. The van der Waals surface area contributed by atoms with E-state index in [0.29, 0.717) is 31.0 Å². The van der Waals surface area contributed by atoms with Crippen molar-refractivity contribution >= 4 is 35.8 Å². The molecule has 1 aromatic heterocycles. The SMILES string of the molecule is C=C(C)CN=C(N)NCCCc1[nH]nc(N)c1C#N.I. The molecule has 0 aromatic carbocycles. The Balaban J connectivity index is 0.00000361. The topological polar surface area (TPSA) is 129 Å². The number of hydrogen-bond donors (Lipinski definition) is 4. The Morgan fingerprint density at radius 3 is 2.90 bits per heavy atom. The fraction of sp³-hybridized carbons (Fsp3) is 0.417. The molecule has 0 unspecified atom stereocenters. The highest BCUT2D eigenvalue weighted by Crippen LogP contribution is 2.12. The van der Waals surface area contributed by atoms with Crippen molar-refractivity contribution in [3.05, 3.63) is 23.4 Å². The minimum Gasteiger partial charge on any atom is -0.381 e. The van der Waals surface area contributed by atoms with Crippen LogP contribution in [0.5, 0.6) is 0 Å². The number of anilines is 1. The third-order valence-electron chi connectivity index (χ3n) is 2.41. The molecule has 0 saturated heterocycles. The van der Waals surface area contributed by atoms with Crippen LogP contribution in [0.2, 0.25) is 0 Å². The van der Waals surface area contributed by atoms with E-state index in [9.17, 15) is 0 Å². The van der Waals surface area contributed by atoms with Gasteiger partial charge in [0.2, 0.25) is 0 Å². The zero-order valence-corrected chi connectivity index (χ0v) is 13.8. The molecule has 7 nitrogen and oxygen atoms in total. The van der Waals surface area contributed by atoms with Crippen molar-refractivity contribution in [1.82, 2.24) is 15.5 Å². The second-order valence-electron chi connectivity index (χ2n) is 4.26. The number of nitriles is 1. The number of aliphatic imine (C=N–C) groups is 1. The van der Waals surface area contributed by atoms with Crippen molar-refractivity contribution in [3.63, 3.8) is 0 Å². The highest BCUT2D eigenvalue weighted by atomic mass is 127. The van der Waals surface area contributed by atoms with Crippen LogP contribution in [-0.4, -0.2) is 29.2 Å². The van der Waals surface area contributed by atoms with Gasteiger partial charge in [-0.3, -0.25) is 5.10 Å². The summed E-state index contributed by atoms with van der Waals surface area (Å²) in [4.78, 5) is 4.10. The fourth-order valence-electron chi connectivity index (χ4n) is 1.46. The van der Waals surface area contributed by atoms with Crippen LogP contribution in [0.4, 0.5) is 5.82 Å². The van der Waals surface area contributed by atoms with Crippen molar-refractivity contribution in [3.8, 4) is 6.07 Å². The van der Waals surface area contributed by atoms with Crippen LogP contribution in [-0.2, 0) is 6.42 Å². The van der Waals surface area contributed by atoms with Gasteiger partial charge in [0.1, 0.15) is 11.6 Å².